The van der Waals surface area contributed by atoms with Gasteiger partial charge in [0.2, 0.25) is 10.0 Å². The van der Waals surface area contributed by atoms with E-state index in [0.29, 0.717) is 18.9 Å². The predicted molar refractivity (Wildman–Crippen MR) is 71.2 cm³/mol. The van der Waals surface area contributed by atoms with Gasteiger partial charge in [0, 0.05) is 12.6 Å². The molecule has 4 nitrogen and oxygen atoms in total. The van der Waals surface area contributed by atoms with Crippen molar-refractivity contribution < 1.29 is 8.42 Å². The highest BCUT2D eigenvalue weighted by Crippen LogP contribution is 2.26. The van der Waals surface area contributed by atoms with Crippen LogP contribution in [-0.4, -0.2) is 26.8 Å². The molecule has 0 aromatic rings. The van der Waals surface area contributed by atoms with Crippen molar-refractivity contribution in [1.82, 2.24) is 4.72 Å². The minimum Gasteiger partial charge on any atom is -0.329 e. The minimum absolute atomic E-state index is 0.0925. The monoisotopic (exact) mass is 260 g/mol. The first kappa shape index (κ1) is 14.7. The molecule has 0 amide bonds. The molecule has 3 N–H and O–H groups in total. The first-order chi connectivity index (χ1) is 8.09. The molecule has 100 valence electrons. The quantitative estimate of drug-likeness (QED) is 0.679. The van der Waals surface area contributed by atoms with Gasteiger partial charge in [-0.3, -0.25) is 0 Å². The summed E-state index contributed by atoms with van der Waals surface area (Å²) in [5, 5.41) is 0. The van der Waals surface area contributed by atoms with Crippen molar-refractivity contribution in [3.05, 3.63) is 12.7 Å². The van der Waals surface area contributed by atoms with Crippen LogP contribution in [0.2, 0.25) is 0 Å². The summed E-state index contributed by atoms with van der Waals surface area (Å²) in [4.78, 5) is 0. The molecule has 0 radical (unpaired) electrons. The van der Waals surface area contributed by atoms with Gasteiger partial charge in [0.25, 0.3) is 0 Å². The Morgan fingerprint density at radius 2 is 2.00 bits per heavy atom. The number of hydrogen-bond acceptors (Lipinski definition) is 3. The lowest BCUT2D eigenvalue weighted by molar-refractivity contribution is 0.294. The Balaban J connectivity index is 2.52. The van der Waals surface area contributed by atoms with Crippen molar-refractivity contribution in [2.45, 2.75) is 44.6 Å². The average Bonchev–Trinajstić information content (AvgIpc) is 2.35. The fraction of sp³-hybridized carbons (Fsp3) is 0.833. The molecule has 1 aliphatic carbocycles. The Hall–Kier alpha value is -0.390. The molecule has 1 saturated carbocycles. The lowest BCUT2D eigenvalue weighted by Crippen LogP contribution is -2.46. The summed E-state index contributed by atoms with van der Waals surface area (Å²) in [6, 6.07) is -0.0925. The number of nitrogens with one attached hydrogen (secondary N) is 1. The summed E-state index contributed by atoms with van der Waals surface area (Å²) in [5.41, 5.74) is 5.69. The molecule has 0 unspecified atom stereocenters. The molecule has 0 heterocycles. The molecular weight excluding hydrogens is 236 g/mol. The van der Waals surface area contributed by atoms with E-state index >= 15 is 0 Å². The third-order valence-electron chi connectivity index (χ3n) is 3.39. The van der Waals surface area contributed by atoms with E-state index in [4.69, 9.17) is 5.73 Å². The fourth-order valence-electron chi connectivity index (χ4n) is 2.40. The summed E-state index contributed by atoms with van der Waals surface area (Å²) in [5.74, 6) is 0.520. The first-order valence-corrected chi connectivity index (χ1v) is 8.05. The van der Waals surface area contributed by atoms with Gasteiger partial charge in [0.15, 0.2) is 0 Å². The van der Waals surface area contributed by atoms with E-state index in [1.165, 1.54) is 19.3 Å². The standard InChI is InChI=1S/C12H24N2O2S/c1-2-3-9-17(15,16)14-12(10-13)11-7-5-4-6-8-11/h2,11-12,14H,1,3-10,13H2/t12-/m0/s1. The summed E-state index contributed by atoms with van der Waals surface area (Å²) in [6.45, 7) is 3.92. The third-order valence-corrected chi connectivity index (χ3v) is 4.83. The van der Waals surface area contributed by atoms with Gasteiger partial charge in [0.05, 0.1) is 5.75 Å². The average molecular weight is 260 g/mol. The summed E-state index contributed by atoms with van der Waals surface area (Å²) in [7, 11) is -3.21. The molecular formula is C12H24N2O2S. The topological polar surface area (TPSA) is 72.2 Å². The Bertz CT molecular complexity index is 321. The fourth-order valence-corrected chi connectivity index (χ4v) is 3.75. The number of rotatable bonds is 7. The maximum atomic E-state index is 11.8. The normalized spacial score (nSPS) is 20.1. The van der Waals surface area contributed by atoms with Gasteiger partial charge in [-0.2, -0.15) is 0 Å². The van der Waals surface area contributed by atoms with E-state index < -0.39 is 10.0 Å². The van der Waals surface area contributed by atoms with Crippen molar-refractivity contribution in [2.75, 3.05) is 12.3 Å². The molecule has 0 aliphatic heterocycles. The van der Waals surface area contributed by atoms with Crippen LogP contribution in [0.25, 0.3) is 0 Å². The van der Waals surface area contributed by atoms with Crippen molar-refractivity contribution in [1.29, 1.82) is 0 Å². The molecule has 0 aromatic carbocycles. The smallest absolute Gasteiger partial charge is 0.212 e. The number of sulfonamides is 1. The maximum Gasteiger partial charge on any atom is 0.212 e. The van der Waals surface area contributed by atoms with Crippen molar-refractivity contribution >= 4 is 10.0 Å². The van der Waals surface area contributed by atoms with E-state index in [1.54, 1.807) is 6.08 Å². The lowest BCUT2D eigenvalue weighted by atomic mass is 9.84. The van der Waals surface area contributed by atoms with Crippen LogP contribution < -0.4 is 10.5 Å². The lowest BCUT2D eigenvalue weighted by Gasteiger charge is -2.29. The largest absolute Gasteiger partial charge is 0.329 e. The Morgan fingerprint density at radius 3 is 2.53 bits per heavy atom. The second kappa shape index (κ2) is 7.13. The second-order valence-electron chi connectivity index (χ2n) is 4.75. The van der Waals surface area contributed by atoms with Crippen LogP contribution in [0.15, 0.2) is 12.7 Å². The number of hydrogen-bond donors (Lipinski definition) is 2. The van der Waals surface area contributed by atoms with E-state index in [0.717, 1.165) is 12.8 Å². The zero-order chi connectivity index (χ0) is 12.7. The van der Waals surface area contributed by atoms with E-state index in [1.807, 2.05) is 0 Å². The number of nitrogens with two attached hydrogens (primary N) is 1. The highest BCUT2D eigenvalue weighted by Gasteiger charge is 2.25. The van der Waals surface area contributed by atoms with Gasteiger partial charge < -0.3 is 5.73 Å². The third kappa shape index (κ3) is 5.19. The summed E-state index contributed by atoms with van der Waals surface area (Å²) >= 11 is 0. The molecule has 0 spiro atoms. The van der Waals surface area contributed by atoms with Crippen LogP contribution in [0.5, 0.6) is 0 Å². The Kier molecular flexibility index (Phi) is 6.16. The van der Waals surface area contributed by atoms with Crippen molar-refractivity contribution in [3.63, 3.8) is 0 Å². The zero-order valence-electron chi connectivity index (χ0n) is 10.4. The first-order valence-electron chi connectivity index (χ1n) is 6.40. The molecule has 0 saturated heterocycles. The minimum atomic E-state index is -3.21. The molecule has 1 fully saturated rings. The highest BCUT2D eigenvalue weighted by molar-refractivity contribution is 7.89. The molecule has 1 atom stereocenters. The van der Waals surface area contributed by atoms with Crippen LogP contribution in [0.1, 0.15) is 38.5 Å². The zero-order valence-corrected chi connectivity index (χ0v) is 11.2. The van der Waals surface area contributed by atoms with Crippen molar-refractivity contribution in [2.24, 2.45) is 11.7 Å². The van der Waals surface area contributed by atoms with Crippen LogP contribution in [0, 0.1) is 5.92 Å². The van der Waals surface area contributed by atoms with Crippen LogP contribution in [-0.2, 0) is 10.0 Å². The van der Waals surface area contributed by atoms with Crippen LogP contribution in [0.4, 0.5) is 0 Å². The van der Waals surface area contributed by atoms with Gasteiger partial charge >= 0.3 is 0 Å². The van der Waals surface area contributed by atoms with Gasteiger partial charge in [-0.15, -0.1) is 6.58 Å². The molecule has 5 heteroatoms. The molecule has 17 heavy (non-hydrogen) atoms. The van der Waals surface area contributed by atoms with Crippen LogP contribution in [0.3, 0.4) is 0 Å². The van der Waals surface area contributed by atoms with Crippen molar-refractivity contribution in [3.8, 4) is 0 Å². The highest BCUT2D eigenvalue weighted by atomic mass is 32.2. The predicted octanol–water partition coefficient (Wildman–Crippen LogP) is 1.39. The molecule has 1 rings (SSSR count). The van der Waals surface area contributed by atoms with Gasteiger partial charge in [0.1, 0.15) is 0 Å². The van der Waals surface area contributed by atoms with E-state index in [2.05, 4.69) is 11.3 Å². The number of allylic oxidation sites excluding steroid dienone is 1. The van der Waals surface area contributed by atoms with Gasteiger partial charge in [-0.05, 0) is 25.2 Å². The molecule has 1 aliphatic rings. The Morgan fingerprint density at radius 1 is 1.35 bits per heavy atom. The van der Waals surface area contributed by atoms with Gasteiger partial charge in [-0.25, -0.2) is 13.1 Å². The van der Waals surface area contributed by atoms with E-state index in [-0.39, 0.29) is 11.8 Å². The SMILES string of the molecule is C=CCCS(=O)(=O)N[C@@H](CN)C1CCCCC1. The van der Waals surface area contributed by atoms with E-state index in [9.17, 15) is 8.42 Å². The maximum absolute atomic E-state index is 11.8. The second-order valence-corrected chi connectivity index (χ2v) is 6.63. The molecule has 0 bridgehead atoms. The molecule has 0 aromatic heterocycles. The van der Waals surface area contributed by atoms with Crippen LogP contribution >= 0.6 is 0 Å². The Labute approximate surface area is 105 Å². The summed E-state index contributed by atoms with van der Waals surface area (Å²) in [6.07, 6.45) is 7.92. The van der Waals surface area contributed by atoms with Gasteiger partial charge in [-0.1, -0.05) is 25.3 Å². The summed E-state index contributed by atoms with van der Waals surface area (Å²) < 4.78 is 26.3.